The fourth-order valence-corrected chi connectivity index (χ4v) is 11.0. The van der Waals surface area contributed by atoms with E-state index in [1.54, 1.807) is 11.5 Å². The Morgan fingerprint density at radius 2 is 1.31 bits per heavy atom. The molecule has 19 heteroatoms. The van der Waals surface area contributed by atoms with E-state index in [-0.39, 0.29) is 46.6 Å². The number of nitrogens with one attached hydrogen (secondary N) is 3. The number of benzene rings is 6. The zero-order chi connectivity index (χ0) is 54.6. The van der Waals surface area contributed by atoms with Crippen molar-refractivity contribution in [2.75, 3.05) is 30.1 Å². The molecule has 394 valence electrons. The van der Waals surface area contributed by atoms with Gasteiger partial charge in [-0.05, 0) is 51.6 Å². The number of allylic oxidation sites excluding steroid dienone is 1. The van der Waals surface area contributed by atoms with Gasteiger partial charge in [0.2, 0.25) is 0 Å². The van der Waals surface area contributed by atoms with Gasteiger partial charge in [0.1, 0.15) is 42.1 Å². The monoisotopic (exact) mass is 1080 g/mol. The van der Waals surface area contributed by atoms with Crippen LogP contribution in [0.15, 0.2) is 204 Å². The number of carbonyl (C=O) groups excluding carboxylic acids is 6. The third-order valence-corrected chi connectivity index (χ3v) is 14.4. The maximum absolute atomic E-state index is 14.7. The van der Waals surface area contributed by atoms with Gasteiger partial charge in [-0.3, -0.25) is 29.4 Å². The smallest absolute Gasteiger partial charge is 0.411 e. The first-order valence-electron chi connectivity index (χ1n) is 24.4. The molecule has 0 bridgehead atoms. The van der Waals surface area contributed by atoms with Crippen molar-refractivity contribution in [1.82, 2.24) is 15.2 Å². The second-order valence-electron chi connectivity index (χ2n) is 17.4. The van der Waals surface area contributed by atoms with Crippen molar-refractivity contribution in [1.29, 1.82) is 0 Å². The molecule has 2 atom stereocenters. The fourth-order valence-electron chi connectivity index (χ4n) is 8.92. The van der Waals surface area contributed by atoms with Gasteiger partial charge >= 0.3 is 24.0 Å². The van der Waals surface area contributed by atoms with Gasteiger partial charge in [0.05, 0.1) is 0 Å². The van der Waals surface area contributed by atoms with E-state index in [1.165, 1.54) is 73.2 Å². The Labute approximate surface area is 456 Å². The minimum absolute atomic E-state index is 0.0278. The lowest BCUT2D eigenvalue weighted by molar-refractivity contribution is -0.154. The lowest BCUT2D eigenvalue weighted by Gasteiger charge is -2.49. The second-order valence-corrected chi connectivity index (χ2v) is 19.4. The summed E-state index contributed by atoms with van der Waals surface area (Å²) in [5, 5.41) is 14.6. The van der Waals surface area contributed by atoms with E-state index < -0.39 is 58.9 Å². The standard InChI is InChI=1S/C59H50N6O11S2/c1-37(66)74-47-32-31-45(34-48(47)75-38(2)67)60-58(71)73-33-19-24-41-35-77-55-50(54(69)65(55)51(41)56(70)76-52(39-20-9-4-10-21-39)40-22-11-5-12-23-40)62-53(68)49(64-72-3)46-36-78-57(61-46)63-59(42-25-13-6-14-26-42,43-27-15-7-16-28-43)44-29-17-8-18-30-44/h4-32,34,36,50,52,55H,33,35H2,1-3H3,(H,60,71)(H,61,63)(H,62,68)/t50?,55-/m0/s1. The molecule has 7 aromatic rings. The second kappa shape index (κ2) is 24.6. The third kappa shape index (κ3) is 12.0. The first-order chi connectivity index (χ1) is 37.9. The van der Waals surface area contributed by atoms with Crippen molar-refractivity contribution < 1.29 is 52.6 Å². The van der Waals surface area contributed by atoms with Crippen LogP contribution in [-0.2, 0) is 43.8 Å². The summed E-state index contributed by atoms with van der Waals surface area (Å²) in [6.45, 7) is 2.08. The summed E-state index contributed by atoms with van der Waals surface area (Å²) in [7, 11) is 1.31. The minimum atomic E-state index is -1.11. The Morgan fingerprint density at radius 1 is 0.756 bits per heavy atom. The van der Waals surface area contributed by atoms with Crippen LogP contribution in [0.1, 0.15) is 53.5 Å². The van der Waals surface area contributed by atoms with Gasteiger partial charge in [-0.1, -0.05) is 163 Å². The molecule has 3 heterocycles. The Morgan fingerprint density at radius 3 is 1.86 bits per heavy atom. The Kier molecular flexibility index (Phi) is 16.8. The highest BCUT2D eigenvalue weighted by atomic mass is 32.2. The average Bonchev–Trinajstić information content (AvgIpc) is 4.03. The van der Waals surface area contributed by atoms with Crippen LogP contribution in [0.25, 0.3) is 0 Å². The van der Waals surface area contributed by atoms with Gasteiger partial charge in [0.15, 0.2) is 28.4 Å². The van der Waals surface area contributed by atoms with Crippen molar-refractivity contribution >= 4 is 75.4 Å². The van der Waals surface area contributed by atoms with Crippen LogP contribution in [0.5, 0.6) is 11.5 Å². The first-order valence-corrected chi connectivity index (χ1v) is 26.3. The summed E-state index contributed by atoms with van der Waals surface area (Å²) < 4.78 is 22.0. The van der Waals surface area contributed by atoms with Crippen LogP contribution >= 0.6 is 23.1 Å². The number of hydrogen-bond donors (Lipinski definition) is 3. The molecular formula is C59H50N6O11S2. The molecule has 1 saturated heterocycles. The normalized spacial score (nSPS) is 15.2. The lowest BCUT2D eigenvalue weighted by Crippen LogP contribution is -2.71. The van der Waals surface area contributed by atoms with Gasteiger partial charge in [-0.2, -0.15) is 0 Å². The van der Waals surface area contributed by atoms with Crippen LogP contribution in [0.2, 0.25) is 0 Å². The van der Waals surface area contributed by atoms with E-state index >= 15 is 0 Å². The number of fused-ring (bicyclic) bond motifs is 1. The van der Waals surface area contributed by atoms with Crippen molar-refractivity contribution in [3.63, 3.8) is 0 Å². The summed E-state index contributed by atoms with van der Waals surface area (Å²) in [5.41, 5.74) is 3.82. The van der Waals surface area contributed by atoms with Gasteiger partial charge in [-0.25, -0.2) is 14.6 Å². The summed E-state index contributed by atoms with van der Waals surface area (Å²) in [5.74, 6) is -3.40. The summed E-state index contributed by atoms with van der Waals surface area (Å²) in [6, 6.07) is 51.3. The Hall–Kier alpha value is -9.33. The van der Waals surface area contributed by atoms with Crippen LogP contribution in [-0.4, -0.2) is 82.3 Å². The highest BCUT2D eigenvalue weighted by Crippen LogP contribution is 2.43. The van der Waals surface area contributed by atoms with Crippen molar-refractivity contribution in [3.05, 3.63) is 232 Å². The molecule has 1 fully saturated rings. The van der Waals surface area contributed by atoms with E-state index in [4.69, 9.17) is 28.8 Å². The largest absolute Gasteiger partial charge is 0.448 e. The van der Waals surface area contributed by atoms with Crippen LogP contribution in [0.3, 0.4) is 0 Å². The summed E-state index contributed by atoms with van der Waals surface area (Å²) in [6.07, 6.45) is 1.32. The first kappa shape index (κ1) is 53.5. The molecule has 1 unspecified atom stereocenters. The minimum Gasteiger partial charge on any atom is -0.448 e. The number of amides is 3. The number of oxime groups is 1. The molecule has 0 aliphatic carbocycles. The number of anilines is 2. The highest BCUT2D eigenvalue weighted by molar-refractivity contribution is 8.00. The predicted molar refractivity (Wildman–Crippen MR) is 295 cm³/mol. The molecule has 1 aromatic heterocycles. The number of β-lactam (4-membered cyclic amide) rings is 1. The molecule has 9 rings (SSSR count). The topological polar surface area (TPSA) is 213 Å². The molecule has 0 spiro atoms. The maximum Gasteiger partial charge on any atom is 0.411 e. The van der Waals surface area contributed by atoms with Gasteiger partial charge in [-0.15, -0.1) is 23.1 Å². The van der Waals surface area contributed by atoms with E-state index in [0.29, 0.717) is 21.8 Å². The van der Waals surface area contributed by atoms with Gasteiger partial charge in [0.25, 0.3) is 11.8 Å². The van der Waals surface area contributed by atoms with Gasteiger partial charge in [0, 0.05) is 36.7 Å². The number of hydrogen-bond acceptors (Lipinski definition) is 16. The van der Waals surface area contributed by atoms with Crippen molar-refractivity contribution in [2.24, 2.45) is 5.16 Å². The molecular weight excluding hydrogens is 1030 g/mol. The van der Waals surface area contributed by atoms with E-state index in [2.05, 4.69) is 21.1 Å². The molecule has 6 aromatic carbocycles. The number of esters is 3. The van der Waals surface area contributed by atoms with Crippen LogP contribution < -0.4 is 25.4 Å². The zero-order valence-corrected chi connectivity index (χ0v) is 43.8. The number of thiazole rings is 1. The fraction of sp³-hybridized carbons (Fsp3) is 0.153. The molecule has 78 heavy (non-hydrogen) atoms. The Bertz CT molecular complexity index is 3280. The van der Waals surface area contributed by atoms with Crippen LogP contribution in [0, 0.1) is 0 Å². The molecule has 2 aliphatic rings. The Balaban J connectivity index is 0.954. The number of ether oxygens (including phenoxy) is 4. The molecule has 3 amide bonds. The lowest BCUT2D eigenvalue weighted by atomic mass is 9.77. The van der Waals surface area contributed by atoms with Crippen molar-refractivity contribution in [3.8, 4) is 11.5 Å². The molecule has 0 radical (unpaired) electrons. The quantitative estimate of drug-likeness (QED) is 0.0172. The highest BCUT2D eigenvalue weighted by Gasteiger charge is 2.55. The summed E-state index contributed by atoms with van der Waals surface area (Å²) >= 11 is 2.57. The van der Waals surface area contributed by atoms with Gasteiger partial charge < -0.3 is 34.4 Å². The zero-order valence-electron chi connectivity index (χ0n) is 42.2. The predicted octanol–water partition coefficient (Wildman–Crippen LogP) is 9.54. The average molecular weight is 1080 g/mol. The van der Waals surface area contributed by atoms with E-state index in [1.807, 2.05) is 152 Å². The van der Waals surface area contributed by atoms with E-state index in [0.717, 1.165) is 16.7 Å². The molecule has 0 saturated carbocycles. The number of aromatic nitrogens is 1. The summed E-state index contributed by atoms with van der Waals surface area (Å²) in [4.78, 5) is 91.1. The number of carbonyl (C=O) groups is 6. The maximum atomic E-state index is 14.7. The number of rotatable bonds is 19. The molecule has 2 aliphatic heterocycles. The van der Waals surface area contributed by atoms with E-state index in [9.17, 15) is 28.8 Å². The number of thioether (sulfide) groups is 1. The SMILES string of the molecule is CON=C(C(=O)NC1C(=O)N2C(C(=O)OC(c3ccccc3)c3ccccc3)=C(C=CCOC(=O)Nc3ccc(OC(C)=O)c(OC(C)=O)c3)CS[C@@H]12)c1csc(NC(c2ccccc2)(c2ccccc2)c2ccccc2)n1. The third-order valence-electron chi connectivity index (χ3n) is 12.3. The van der Waals surface area contributed by atoms with Crippen molar-refractivity contribution in [2.45, 2.75) is 36.9 Å². The molecule has 17 nitrogen and oxygen atoms in total. The molecule has 3 N–H and O–H groups in total. The number of nitrogens with zero attached hydrogens (tertiary/aromatic N) is 3. The van der Waals surface area contributed by atoms with Crippen LogP contribution in [0.4, 0.5) is 15.6 Å².